The zero-order chi connectivity index (χ0) is 29.1. The Hall–Kier alpha value is -4.46. The smallest absolute Gasteiger partial charge is 0.387 e. The number of rotatable bonds is 9. The summed E-state index contributed by atoms with van der Waals surface area (Å²) < 4.78 is 65.4. The number of carbonyl (C=O) groups excluding carboxylic acids is 2. The van der Waals surface area contributed by atoms with Crippen molar-refractivity contribution >= 4 is 17.5 Å². The molecule has 0 bridgehead atoms. The lowest BCUT2D eigenvalue weighted by atomic mass is 9.92. The molecular weight excluding hydrogens is 540 g/mol. The maximum Gasteiger partial charge on any atom is 0.387 e. The first-order valence-electron chi connectivity index (χ1n) is 11.9. The van der Waals surface area contributed by atoms with Crippen molar-refractivity contribution in [3.05, 3.63) is 82.0 Å². The fraction of sp³-hybridized carbons (Fsp3) is 0.308. The van der Waals surface area contributed by atoms with E-state index in [2.05, 4.69) is 15.0 Å². The minimum atomic E-state index is -3.07. The van der Waals surface area contributed by atoms with Crippen LogP contribution in [0.4, 0.5) is 23.2 Å². The molecule has 2 aromatic carbocycles. The summed E-state index contributed by atoms with van der Waals surface area (Å²) in [4.78, 5) is 44.6. The standard InChI is InChI=1S/C26H24F4N4O6/c1-13(35)10-33-12-31-9-20(24(33)37)34-11-17(21-18(27)7-16(39-2)8-19(21)28)22(25(34)38)32-23(36)14-3-5-15(6-4-14)40-26(29)30/h3-9,12-13,17,22,26,35H,10-11H2,1-2H3,(H,32,36)/t13?,17-,22-/m0/s1. The number of methoxy groups -OCH3 is 1. The lowest BCUT2D eigenvalue weighted by Crippen LogP contribution is -2.44. The Labute approximate surface area is 224 Å². The number of aliphatic hydroxyl groups excluding tert-OH is 1. The Morgan fingerprint density at radius 2 is 1.80 bits per heavy atom. The van der Waals surface area contributed by atoms with Gasteiger partial charge in [0.05, 0.1) is 32.3 Å². The van der Waals surface area contributed by atoms with Crippen molar-refractivity contribution < 1.29 is 41.7 Å². The van der Waals surface area contributed by atoms with Gasteiger partial charge in [0.25, 0.3) is 11.5 Å². The van der Waals surface area contributed by atoms with Crippen molar-refractivity contribution in [1.82, 2.24) is 14.9 Å². The maximum absolute atomic E-state index is 15.1. The maximum atomic E-state index is 15.1. The van der Waals surface area contributed by atoms with Crippen LogP contribution in [-0.2, 0) is 11.3 Å². The number of nitrogens with zero attached hydrogens (tertiary/aromatic N) is 3. The second-order valence-corrected chi connectivity index (χ2v) is 9.00. The molecule has 1 saturated heterocycles. The molecule has 1 unspecified atom stereocenters. The molecule has 14 heteroatoms. The van der Waals surface area contributed by atoms with E-state index in [0.717, 1.165) is 39.9 Å². The normalized spacial score (nSPS) is 17.7. The number of aromatic nitrogens is 2. The van der Waals surface area contributed by atoms with Crippen LogP contribution < -0.4 is 25.2 Å². The molecule has 1 aliphatic heterocycles. The summed E-state index contributed by atoms with van der Waals surface area (Å²) in [7, 11) is 1.22. The molecule has 1 aliphatic rings. The van der Waals surface area contributed by atoms with Crippen molar-refractivity contribution in [2.75, 3.05) is 18.6 Å². The van der Waals surface area contributed by atoms with E-state index in [1.165, 1.54) is 32.5 Å². The van der Waals surface area contributed by atoms with E-state index in [1.54, 1.807) is 0 Å². The van der Waals surface area contributed by atoms with E-state index in [9.17, 15) is 28.3 Å². The molecule has 1 fully saturated rings. The highest BCUT2D eigenvalue weighted by atomic mass is 19.3. The average molecular weight is 564 g/mol. The molecule has 0 radical (unpaired) electrons. The second kappa shape index (κ2) is 11.7. The van der Waals surface area contributed by atoms with Crippen molar-refractivity contribution in [3.8, 4) is 11.5 Å². The number of carbonyl (C=O) groups is 2. The van der Waals surface area contributed by atoms with Crippen LogP contribution in [0.5, 0.6) is 11.5 Å². The molecule has 3 aromatic rings. The third kappa shape index (κ3) is 5.91. The molecule has 10 nitrogen and oxygen atoms in total. The number of benzene rings is 2. The average Bonchev–Trinajstić information content (AvgIpc) is 3.19. The molecule has 40 heavy (non-hydrogen) atoms. The molecule has 0 saturated carbocycles. The zero-order valence-corrected chi connectivity index (χ0v) is 21.2. The summed E-state index contributed by atoms with van der Waals surface area (Å²) in [6.07, 6.45) is 1.35. The van der Waals surface area contributed by atoms with Gasteiger partial charge in [-0.25, -0.2) is 13.8 Å². The number of amides is 2. The first kappa shape index (κ1) is 28.5. The van der Waals surface area contributed by atoms with E-state index in [4.69, 9.17) is 4.74 Å². The quantitative estimate of drug-likeness (QED) is 0.383. The van der Waals surface area contributed by atoms with E-state index in [0.29, 0.717) is 0 Å². The summed E-state index contributed by atoms with van der Waals surface area (Å²) in [5, 5.41) is 12.1. The van der Waals surface area contributed by atoms with Crippen molar-refractivity contribution in [2.45, 2.75) is 38.1 Å². The number of hydrogen-bond donors (Lipinski definition) is 2. The fourth-order valence-electron chi connectivity index (χ4n) is 4.45. The van der Waals surface area contributed by atoms with Gasteiger partial charge in [-0.3, -0.25) is 19.0 Å². The summed E-state index contributed by atoms with van der Waals surface area (Å²) in [6.45, 7) is -2.16. The molecule has 3 atom stereocenters. The first-order valence-corrected chi connectivity index (χ1v) is 11.9. The largest absolute Gasteiger partial charge is 0.497 e. The highest BCUT2D eigenvalue weighted by Crippen LogP contribution is 2.35. The first-order chi connectivity index (χ1) is 19.0. The van der Waals surface area contributed by atoms with E-state index in [-0.39, 0.29) is 29.3 Å². The van der Waals surface area contributed by atoms with Gasteiger partial charge in [0, 0.05) is 35.7 Å². The van der Waals surface area contributed by atoms with Gasteiger partial charge >= 0.3 is 6.61 Å². The van der Waals surface area contributed by atoms with Gasteiger partial charge in [0.15, 0.2) is 0 Å². The summed E-state index contributed by atoms with van der Waals surface area (Å²) in [5.41, 5.74) is -1.49. The molecule has 0 spiro atoms. The van der Waals surface area contributed by atoms with Crippen LogP contribution in [0.3, 0.4) is 0 Å². The predicted molar refractivity (Wildman–Crippen MR) is 133 cm³/mol. The van der Waals surface area contributed by atoms with E-state index in [1.807, 2.05) is 0 Å². The number of aliphatic hydroxyl groups is 1. The summed E-state index contributed by atoms with van der Waals surface area (Å²) in [5.74, 6) is -5.39. The highest BCUT2D eigenvalue weighted by molar-refractivity contribution is 6.04. The molecule has 1 aromatic heterocycles. The van der Waals surface area contributed by atoms with Crippen molar-refractivity contribution in [1.29, 1.82) is 0 Å². The van der Waals surface area contributed by atoms with Gasteiger partial charge < -0.3 is 24.8 Å². The molecule has 2 heterocycles. The predicted octanol–water partition coefficient (Wildman–Crippen LogP) is 2.44. The molecule has 212 valence electrons. The Morgan fingerprint density at radius 1 is 1.15 bits per heavy atom. The lowest BCUT2D eigenvalue weighted by molar-refractivity contribution is -0.118. The van der Waals surface area contributed by atoms with Crippen molar-refractivity contribution in [3.63, 3.8) is 0 Å². The van der Waals surface area contributed by atoms with Gasteiger partial charge in [-0.05, 0) is 31.2 Å². The molecule has 2 amide bonds. The van der Waals surface area contributed by atoms with Gasteiger partial charge in [-0.15, -0.1) is 0 Å². The Morgan fingerprint density at radius 3 is 2.38 bits per heavy atom. The van der Waals surface area contributed by atoms with Crippen LogP contribution in [0.15, 0.2) is 53.7 Å². The van der Waals surface area contributed by atoms with E-state index < -0.39 is 65.8 Å². The van der Waals surface area contributed by atoms with Gasteiger partial charge in [0.2, 0.25) is 5.91 Å². The van der Waals surface area contributed by atoms with Crippen molar-refractivity contribution in [2.24, 2.45) is 0 Å². The number of ether oxygens (including phenoxy) is 2. The third-order valence-electron chi connectivity index (χ3n) is 6.24. The van der Waals surface area contributed by atoms with Crippen LogP contribution in [0, 0.1) is 11.6 Å². The van der Waals surface area contributed by atoms with Gasteiger partial charge in [0.1, 0.15) is 34.9 Å². The Balaban J connectivity index is 1.72. The number of anilines is 1. The monoisotopic (exact) mass is 564 g/mol. The Kier molecular flexibility index (Phi) is 8.38. The zero-order valence-electron chi connectivity index (χ0n) is 21.2. The second-order valence-electron chi connectivity index (χ2n) is 9.00. The van der Waals surface area contributed by atoms with Crippen LogP contribution in [0.25, 0.3) is 0 Å². The minimum absolute atomic E-state index is 0.0528. The lowest BCUT2D eigenvalue weighted by Gasteiger charge is -2.20. The highest BCUT2D eigenvalue weighted by Gasteiger charge is 2.46. The molecular formula is C26H24F4N4O6. The summed E-state index contributed by atoms with van der Waals surface area (Å²) in [6, 6.07) is 4.88. The van der Waals surface area contributed by atoms with Crippen LogP contribution in [-0.4, -0.2) is 58.9 Å². The van der Waals surface area contributed by atoms with E-state index >= 15 is 8.78 Å². The third-order valence-corrected chi connectivity index (χ3v) is 6.24. The van der Waals surface area contributed by atoms with Crippen LogP contribution in [0.2, 0.25) is 0 Å². The molecule has 0 aliphatic carbocycles. The van der Waals surface area contributed by atoms with Crippen LogP contribution in [0.1, 0.15) is 28.8 Å². The SMILES string of the molecule is COc1cc(F)c([C@@H]2CN(c3cncn(CC(C)O)c3=O)C(=O)[C@H]2NC(=O)c2ccc(OC(F)F)cc2)c(F)c1. The number of nitrogens with one attached hydrogen (secondary N) is 1. The molecule has 2 N–H and O–H groups in total. The summed E-state index contributed by atoms with van der Waals surface area (Å²) >= 11 is 0. The van der Waals surface area contributed by atoms with Gasteiger partial charge in [-0.1, -0.05) is 0 Å². The number of halogens is 4. The van der Waals surface area contributed by atoms with Crippen LogP contribution >= 0.6 is 0 Å². The number of hydrogen-bond acceptors (Lipinski definition) is 7. The van der Waals surface area contributed by atoms with Gasteiger partial charge in [-0.2, -0.15) is 8.78 Å². The fourth-order valence-corrected chi connectivity index (χ4v) is 4.45. The number of alkyl halides is 2. The Bertz CT molecular complexity index is 1440. The molecule has 4 rings (SSSR count). The minimum Gasteiger partial charge on any atom is -0.497 e. The topological polar surface area (TPSA) is 123 Å².